The molecule has 0 radical (unpaired) electrons. The van der Waals surface area contributed by atoms with E-state index in [1.54, 1.807) is 19.2 Å². The van der Waals surface area contributed by atoms with Crippen molar-refractivity contribution in [2.45, 2.75) is 11.9 Å². The number of thioether (sulfide) groups is 1. The van der Waals surface area contributed by atoms with Crippen LogP contribution >= 0.6 is 23.4 Å². The number of ether oxygens (including phenoxy) is 1. The minimum Gasteiger partial charge on any atom is -0.497 e. The maximum Gasteiger partial charge on any atom is 0.234 e. The summed E-state index contributed by atoms with van der Waals surface area (Å²) in [5.41, 5.74) is 5.26. The molecule has 35 heavy (non-hydrogen) atoms. The predicted octanol–water partition coefficient (Wildman–Crippen LogP) is 6.99. The number of nitriles is 1. The number of carbonyl (C=O) groups excluding carboxylic acids is 1. The van der Waals surface area contributed by atoms with Crippen LogP contribution in [0.4, 0.5) is 5.69 Å². The quantitative estimate of drug-likeness (QED) is 0.277. The molecule has 0 bridgehead atoms. The number of amides is 1. The minimum atomic E-state index is -0.206. The summed E-state index contributed by atoms with van der Waals surface area (Å²) in [6.07, 6.45) is 0. The van der Waals surface area contributed by atoms with Gasteiger partial charge in [-0.2, -0.15) is 5.26 Å². The molecule has 0 fully saturated rings. The number of hydrogen-bond donors (Lipinski definition) is 1. The van der Waals surface area contributed by atoms with Gasteiger partial charge in [-0.25, -0.2) is 4.98 Å². The molecule has 1 aromatic heterocycles. The van der Waals surface area contributed by atoms with Gasteiger partial charge >= 0.3 is 0 Å². The summed E-state index contributed by atoms with van der Waals surface area (Å²) in [6, 6.07) is 26.8. The Morgan fingerprint density at radius 3 is 2.49 bits per heavy atom. The van der Waals surface area contributed by atoms with E-state index in [0.29, 0.717) is 21.3 Å². The molecule has 4 aromatic rings. The molecule has 0 atom stereocenters. The second-order valence-electron chi connectivity index (χ2n) is 7.74. The van der Waals surface area contributed by atoms with E-state index in [1.807, 2.05) is 73.7 Å². The summed E-state index contributed by atoms with van der Waals surface area (Å²) in [4.78, 5) is 17.5. The largest absolute Gasteiger partial charge is 0.497 e. The zero-order chi connectivity index (χ0) is 24.8. The maximum atomic E-state index is 12.7. The lowest BCUT2D eigenvalue weighted by Gasteiger charge is -2.13. The van der Waals surface area contributed by atoms with Crippen molar-refractivity contribution >= 4 is 35.0 Å². The van der Waals surface area contributed by atoms with Crippen molar-refractivity contribution in [1.82, 2.24) is 4.98 Å². The summed E-state index contributed by atoms with van der Waals surface area (Å²) in [5.74, 6) is 0.614. The van der Waals surface area contributed by atoms with Crippen molar-refractivity contribution in [3.05, 3.63) is 95.0 Å². The van der Waals surface area contributed by atoms with Crippen molar-refractivity contribution in [3.8, 4) is 34.2 Å². The smallest absolute Gasteiger partial charge is 0.234 e. The van der Waals surface area contributed by atoms with Gasteiger partial charge in [-0.15, -0.1) is 0 Å². The molecule has 7 heteroatoms. The SMILES string of the molecule is COc1ccc(-c2cc(-c3ccccc3)nc(SCC(=O)Nc3cc(Cl)ccc3C)c2C#N)cc1. The third-order valence-electron chi connectivity index (χ3n) is 5.38. The third-order valence-corrected chi connectivity index (χ3v) is 6.59. The van der Waals surface area contributed by atoms with Gasteiger partial charge in [-0.3, -0.25) is 4.79 Å². The van der Waals surface area contributed by atoms with Crippen LogP contribution in [0.5, 0.6) is 5.75 Å². The molecule has 0 saturated carbocycles. The Morgan fingerprint density at radius 1 is 1.06 bits per heavy atom. The van der Waals surface area contributed by atoms with Crippen LogP contribution in [0.15, 0.2) is 83.9 Å². The molecule has 0 aliphatic carbocycles. The highest BCUT2D eigenvalue weighted by Crippen LogP contribution is 2.35. The number of methoxy groups -OCH3 is 1. The van der Waals surface area contributed by atoms with Gasteiger partial charge in [0, 0.05) is 21.8 Å². The molecular formula is C28H22ClN3O2S. The number of rotatable bonds is 7. The van der Waals surface area contributed by atoms with Crippen molar-refractivity contribution in [2.24, 2.45) is 0 Å². The molecule has 3 aromatic carbocycles. The normalized spacial score (nSPS) is 10.5. The molecule has 174 valence electrons. The molecule has 4 rings (SSSR count). The van der Waals surface area contributed by atoms with E-state index in [0.717, 1.165) is 33.7 Å². The van der Waals surface area contributed by atoms with Crippen molar-refractivity contribution in [1.29, 1.82) is 5.26 Å². The van der Waals surface area contributed by atoms with Gasteiger partial charge in [0.2, 0.25) is 5.91 Å². The van der Waals surface area contributed by atoms with Crippen LogP contribution in [0.25, 0.3) is 22.4 Å². The number of nitrogens with zero attached hydrogens (tertiary/aromatic N) is 2. The molecule has 0 aliphatic heterocycles. The number of hydrogen-bond acceptors (Lipinski definition) is 5. The molecule has 5 nitrogen and oxygen atoms in total. The Bertz CT molecular complexity index is 1400. The molecule has 0 saturated heterocycles. The third kappa shape index (κ3) is 5.83. The fraction of sp³-hybridized carbons (Fsp3) is 0.107. The van der Waals surface area contributed by atoms with Crippen LogP contribution in [0.2, 0.25) is 5.02 Å². The summed E-state index contributed by atoms with van der Waals surface area (Å²) < 4.78 is 5.27. The van der Waals surface area contributed by atoms with Crippen LogP contribution in [0.1, 0.15) is 11.1 Å². The van der Waals surface area contributed by atoms with Gasteiger partial charge in [0.25, 0.3) is 0 Å². The molecule has 0 aliphatic rings. The average Bonchev–Trinajstić information content (AvgIpc) is 2.89. The molecule has 0 spiro atoms. The Morgan fingerprint density at radius 2 is 1.80 bits per heavy atom. The predicted molar refractivity (Wildman–Crippen MR) is 142 cm³/mol. The van der Waals surface area contributed by atoms with Gasteiger partial charge in [-0.05, 0) is 48.4 Å². The number of anilines is 1. The lowest BCUT2D eigenvalue weighted by Crippen LogP contribution is -2.15. The standard InChI is InChI=1S/C28H22ClN3O2S/c1-18-8-11-21(29)14-25(18)31-27(33)17-35-28-24(16-30)23(19-9-12-22(34-2)13-10-19)15-26(32-28)20-6-4-3-5-7-20/h3-15H,17H2,1-2H3,(H,31,33). The minimum absolute atomic E-state index is 0.0912. The Kier molecular flexibility index (Phi) is 7.71. The van der Waals surface area contributed by atoms with Crippen LogP contribution < -0.4 is 10.1 Å². The molecule has 1 amide bonds. The lowest BCUT2D eigenvalue weighted by molar-refractivity contribution is -0.113. The number of carbonyl (C=O) groups is 1. The maximum absolute atomic E-state index is 12.7. The highest BCUT2D eigenvalue weighted by molar-refractivity contribution is 8.00. The first-order valence-electron chi connectivity index (χ1n) is 10.8. The fourth-order valence-electron chi connectivity index (χ4n) is 3.54. The zero-order valence-corrected chi connectivity index (χ0v) is 20.8. The summed E-state index contributed by atoms with van der Waals surface area (Å²) in [6.45, 7) is 1.90. The van der Waals surface area contributed by atoms with E-state index in [9.17, 15) is 10.1 Å². The van der Waals surface area contributed by atoms with E-state index in [2.05, 4.69) is 11.4 Å². The zero-order valence-electron chi connectivity index (χ0n) is 19.2. The Balaban J connectivity index is 1.68. The van der Waals surface area contributed by atoms with Gasteiger partial charge in [0.15, 0.2) is 0 Å². The average molecular weight is 500 g/mol. The first-order chi connectivity index (χ1) is 17.0. The van der Waals surface area contributed by atoms with Gasteiger partial charge < -0.3 is 10.1 Å². The van der Waals surface area contributed by atoms with Gasteiger partial charge in [-0.1, -0.05) is 71.9 Å². The van der Waals surface area contributed by atoms with Crippen LogP contribution in [0, 0.1) is 18.3 Å². The van der Waals surface area contributed by atoms with Gasteiger partial charge in [0.05, 0.1) is 24.1 Å². The highest BCUT2D eigenvalue weighted by atomic mass is 35.5. The first-order valence-corrected chi connectivity index (χ1v) is 12.2. The van der Waals surface area contributed by atoms with E-state index >= 15 is 0 Å². The van der Waals surface area contributed by atoms with Crippen molar-refractivity contribution in [3.63, 3.8) is 0 Å². The second-order valence-corrected chi connectivity index (χ2v) is 9.14. The van der Waals surface area contributed by atoms with Gasteiger partial charge in [0.1, 0.15) is 16.8 Å². The van der Waals surface area contributed by atoms with E-state index < -0.39 is 0 Å². The first kappa shape index (κ1) is 24.3. The highest BCUT2D eigenvalue weighted by Gasteiger charge is 2.17. The molecule has 0 unspecified atom stereocenters. The summed E-state index contributed by atoms with van der Waals surface area (Å²) in [7, 11) is 1.61. The molecular weight excluding hydrogens is 478 g/mol. The van der Waals surface area contributed by atoms with Crippen LogP contribution in [-0.2, 0) is 4.79 Å². The van der Waals surface area contributed by atoms with Crippen molar-refractivity contribution < 1.29 is 9.53 Å². The number of pyridine rings is 1. The number of nitrogens with one attached hydrogen (secondary N) is 1. The lowest BCUT2D eigenvalue weighted by atomic mass is 9.99. The van der Waals surface area contributed by atoms with Crippen LogP contribution in [-0.4, -0.2) is 23.8 Å². The summed E-state index contributed by atoms with van der Waals surface area (Å²) in [5, 5.41) is 14.0. The number of benzene rings is 3. The molecule has 1 N–H and O–H groups in total. The number of aromatic nitrogens is 1. The Hall–Kier alpha value is -3.79. The van der Waals surface area contributed by atoms with E-state index in [4.69, 9.17) is 21.3 Å². The topological polar surface area (TPSA) is 75.0 Å². The number of halogens is 1. The van der Waals surface area contributed by atoms with Crippen LogP contribution in [0.3, 0.4) is 0 Å². The fourth-order valence-corrected chi connectivity index (χ4v) is 4.51. The van der Waals surface area contributed by atoms with Crippen molar-refractivity contribution in [2.75, 3.05) is 18.2 Å². The monoisotopic (exact) mass is 499 g/mol. The summed E-state index contributed by atoms with van der Waals surface area (Å²) >= 11 is 7.30. The number of aryl methyl sites for hydroxylation is 1. The van der Waals surface area contributed by atoms with E-state index in [1.165, 1.54) is 11.8 Å². The Labute approximate surface area is 213 Å². The molecule has 1 heterocycles. The second kappa shape index (κ2) is 11.1. The van der Waals surface area contributed by atoms with E-state index in [-0.39, 0.29) is 11.7 Å².